The third-order valence-corrected chi connectivity index (χ3v) is 6.18. The standard InChI is InChI=1S/C21H22F2N2O3S/c1-3-14-25(16-17-6-8-18(22)9-7-17)21(26)5-4-15-24(2)29(27,28)20-12-10-19(23)11-13-20/h1,6-13H,4-5,14-16H2,2H3. The largest absolute Gasteiger partial charge is 0.327 e. The molecule has 2 aromatic carbocycles. The maximum atomic E-state index is 13.0. The van der Waals surface area contributed by atoms with E-state index in [2.05, 4.69) is 5.92 Å². The lowest BCUT2D eigenvalue weighted by Crippen LogP contribution is -2.32. The van der Waals surface area contributed by atoms with Gasteiger partial charge in [0.2, 0.25) is 15.9 Å². The van der Waals surface area contributed by atoms with Crippen LogP contribution in [0.15, 0.2) is 53.4 Å². The van der Waals surface area contributed by atoms with Crippen molar-refractivity contribution < 1.29 is 22.0 Å². The molecule has 0 N–H and O–H groups in total. The molecule has 0 aliphatic heterocycles. The molecule has 0 radical (unpaired) electrons. The number of carbonyl (C=O) groups excluding carboxylic acids is 1. The number of halogens is 2. The van der Waals surface area contributed by atoms with Crippen molar-refractivity contribution in [3.63, 3.8) is 0 Å². The van der Waals surface area contributed by atoms with Gasteiger partial charge in [-0.2, -0.15) is 0 Å². The molecule has 0 aliphatic rings. The van der Waals surface area contributed by atoms with E-state index >= 15 is 0 Å². The molecule has 0 aliphatic carbocycles. The molecule has 0 spiro atoms. The molecule has 0 atom stereocenters. The van der Waals surface area contributed by atoms with E-state index in [0.717, 1.165) is 22.0 Å². The molecule has 0 saturated heterocycles. The van der Waals surface area contributed by atoms with Crippen molar-refractivity contribution in [1.29, 1.82) is 0 Å². The van der Waals surface area contributed by atoms with Gasteiger partial charge in [0.25, 0.3) is 0 Å². The molecule has 29 heavy (non-hydrogen) atoms. The highest BCUT2D eigenvalue weighted by Gasteiger charge is 2.21. The summed E-state index contributed by atoms with van der Waals surface area (Å²) < 4.78 is 52.1. The fraction of sp³-hybridized carbons (Fsp3) is 0.286. The summed E-state index contributed by atoms with van der Waals surface area (Å²) in [4.78, 5) is 13.9. The van der Waals surface area contributed by atoms with Crippen LogP contribution in [-0.2, 0) is 21.4 Å². The number of rotatable bonds is 9. The Hall–Kier alpha value is -2.76. The van der Waals surface area contributed by atoms with Crippen molar-refractivity contribution in [2.24, 2.45) is 0 Å². The van der Waals surface area contributed by atoms with Crippen molar-refractivity contribution in [1.82, 2.24) is 9.21 Å². The molecular formula is C21H22F2N2O3S. The lowest BCUT2D eigenvalue weighted by Gasteiger charge is -2.21. The molecule has 8 heteroatoms. The second-order valence-corrected chi connectivity index (χ2v) is 8.51. The number of benzene rings is 2. The zero-order chi connectivity index (χ0) is 21.4. The highest BCUT2D eigenvalue weighted by molar-refractivity contribution is 7.89. The average Bonchev–Trinajstić information content (AvgIpc) is 2.69. The summed E-state index contributed by atoms with van der Waals surface area (Å²) in [6.45, 7) is 0.457. The van der Waals surface area contributed by atoms with Gasteiger partial charge >= 0.3 is 0 Å². The summed E-state index contributed by atoms with van der Waals surface area (Å²) in [5.41, 5.74) is 0.742. The SMILES string of the molecule is C#CCN(Cc1ccc(F)cc1)C(=O)CCCN(C)S(=O)(=O)c1ccc(F)cc1. The summed E-state index contributed by atoms with van der Waals surface area (Å²) in [6, 6.07) is 10.3. The van der Waals surface area contributed by atoms with E-state index in [-0.39, 0.29) is 42.7 Å². The van der Waals surface area contributed by atoms with Crippen LogP contribution in [0.4, 0.5) is 8.78 Å². The molecule has 0 unspecified atom stereocenters. The van der Waals surface area contributed by atoms with Crippen LogP contribution < -0.4 is 0 Å². The van der Waals surface area contributed by atoms with E-state index in [4.69, 9.17) is 6.42 Å². The topological polar surface area (TPSA) is 57.7 Å². The van der Waals surface area contributed by atoms with Crippen LogP contribution in [0.2, 0.25) is 0 Å². The Morgan fingerprint density at radius 1 is 1.03 bits per heavy atom. The molecule has 0 heterocycles. The first kappa shape index (κ1) is 22.5. The Morgan fingerprint density at radius 2 is 1.59 bits per heavy atom. The van der Waals surface area contributed by atoms with E-state index in [9.17, 15) is 22.0 Å². The Balaban J connectivity index is 1.92. The average molecular weight is 420 g/mol. The van der Waals surface area contributed by atoms with Gasteiger partial charge in [-0.1, -0.05) is 18.1 Å². The van der Waals surface area contributed by atoms with Gasteiger partial charge in [-0.05, 0) is 48.4 Å². The summed E-state index contributed by atoms with van der Waals surface area (Å²) in [5, 5.41) is 0. The maximum Gasteiger partial charge on any atom is 0.242 e. The number of hydrogen-bond donors (Lipinski definition) is 0. The van der Waals surface area contributed by atoms with Crippen LogP contribution in [0.25, 0.3) is 0 Å². The van der Waals surface area contributed by atoms with Crippen molar-refractivity contribution in [2.45, 2.75) is 24.3 Å². The lowest BCUT2D eigenvalue weighted by atomic mass is 10.2. The monoisotopic (exact) mass is 420 g/mol. The van der Waals surface area contributed by atoms with Gasteiger partial charge in [-0.25, -0.2) is 21.5 Å². The van der Waals surface area contributed by atoms with E-state index in [1.807, 2.05) is 0 Å². The minimum atomic E-state index is -3.76. The second-order valence-electron chi connectivity index (χ2n) is 6.46. The second kappa shape index (κ2) is 10.1. The van der Waals surface area contributed by atoms with Crippen LogP contribution in [0.5, 0.6) is 0 Å². The number of sulfonamides is 1. The minimum Gasteiger partial charge on any atom is -0.327 e. The van der Waals surface area contributed by atoms with Crippen molar-refractivity contribution in [2.75, 3.05) is 20.1 Å². The van der Waals surface area contributed by atoms with Crippen LogP contribution in [0, 0.1) is 24.0 Å². The molecule has 0 saturated carbocycles. The molecule has 0 fully saturated rings. The predicted octanol–water partition coefficient (Wildman–Crippen LogP) is 3.03. The first-order valence-electron chi connectivity index (χ1n) is 8.91. The van der Waals surface area contributed by atoms with Gasteiger partial charge in [-0.15, -0.1) is 6.42 Å². The number of terminal acetylenes is 1. The maximum absolute atomic E-state index is 13.0. The van der Waals surface area contributed by atoms with E-state index in [1.165, 1.54) is 36.2 Å². The predicted molar refractivity (Wildman–Crippen MR) is 106 cm³/mol. The first-order chi connectivity index (χ1) is 13.7. The Morgan fingerprint density at radius 3 is 2.14 bits per heavy atom. The van der Waals surface area contributed by atoms with Crippen LogP contribution in [0.3, 0.4) is 0 Å². The molecule has 0 aromatic heterocycles. The van der Waals surface area contributed by atoms with Gasteiger partial charge in [0.05, 0.1) is 11.4 Å². The smallest absolute Gasteiger partial charge is 0.242 e. The Labute approximate surface area is 170 Å². The van der Waals surface area contributed by atoms with Crippen molar-refractivity contribution in [3.8, 4) is 12.3 Å². The molecular weight excluding hydrogens is 398 g/mol. The highest BCUT2D eigenvalue weighted by atomic mass is 32.2. The van der Waals surface area contributed by atoms with Crippen LogP contribution >= 0.6 is 0 Å². The minimum absolute atomic E-state index is 0.0157. The number of carbonyl (C=O) groups is 1. The lowest BCUT2D eigenvalue weighted by molar-refractivity contribution is -0.131. The zero-order valence-corrected chi connectivity index (χ0v) is 16.8. The van der Waals surface area contributed by atoms with Gasteiger partial charge in [-0.3, -0.25) is 4.79 Å². The Bertz CT molecular complexity index is 968. The normalized spacial score (nSPS) is 11.3. The highest BCUT2D eigenvalue weighted by Crippen LogP contribution is 2.16. The number of amides is 1. The zero-order valence-electron chi connectivity index (χ0n) is 16.0. The van der Waals surface area contributed by atoms with Gasteiger partial charge < -0.3 is 4.90 Å². The van der Waals surface area contributed by atoms with Crippen LogP contribution in [-0.4, -0.2) is 43.7 Å². The fourth-order valence-electron chi connectivity index (χ4n) is 2.67. The van der Waals surface area contributed by atoms with Crippen LogP contribution in [0.1, 0.15) is 18.4 Å². The van der Waals surface area contributed by atoms with E-state index in [0.29, 0.717) is 6.42 Å². The summed E-state index contributed by atoms with van der Waals surface area (Å²) in [5.74, 6) is 1.31. The molecule has 2 aromatic rings. The summed E-state index contributed by atoms with van der Waals surface area (Å²) in [6.07, 6.45) is 5.73. The van der Waals surface area contributed by atoms with Gasteiger partial charge in [0.15, 0.2) is 0 Å². The molecule has 2 rings (SSSR count). The number of hydrogen-bond acceptors (Lipinski definition) is 3. The van der Waals surface area contributed by atoms with E-state index in [1.54, 1.807) is 12.1 Å². The summed E-state index contributed by atoms with van der Waals surface area (Å²) >= 11 is 0. The first-order valence-corrected chi connectivity index (χ1v) is 10.4. The van der Waals surface area contributed by atoms with Crippen molar-refractivity contribution in [3.05, 3.63) is 65.7 Å². The fourth-order valence-corrected chi connectivity index (χ4v) is 3.88. The van der Waals surface area contributed by atoms with Crippen molar-refractivity contribution >= 4 is 15.9 Å². The van der Waals surface area contributed by atoms with Gasteiger partial charge in [0.1, 0.15) is 11.6 Å². The summed E-state index contributed by atoms with van der Waals surface area (Å²) in [7, 11) is -2.36. The molecule has 1 amide bonds. The number of nitrogens with zero attached hydrogens (tertiary/aromatic N) is 2. The molecule has 154 valence electrons. The van der Waals surface area contributed by atoms with Gasteiger partial charge in [0, 0.05) is 26.6 Å². The molecule has 5 nitrogen and oxygen atoms in total. The molecule has 0 bridgehead atoms. The quantitative estimate of drug-likeness (QED) is 0.586. The van der Waals surface area contributed by atoms with E-state index < -0.39 is 15.8 Å². The Kier molecular flexibility index (Phi) is 7.88. The third kappa shape index (κ3) is 6.38. The third-order valence-electron chi connectivity index (χ3n) is 4.31.